The summed E-state index contributed by atoms with van der Waals surface area (Å²) in [6, 6.07) is 5.62. The summed E-state index contributed by atoms with van der Waals surface area (Å²) in [6.45, 7) is 0.743. The molecule has 0 fully saturated rings. The average molecular weight is 231 g/mol. The van der Waals surface area contributed by atoms with Gasteiger partial charge in [0.05, 0.1) is 0 Å². The van der Waals surface area contributed by atoms with Gasteiger partial charge in [-0.05, 0) is 18.1 Å². The summed E-state index contributed by atoms with van der Waals surface area (Å²) in [7, 11) is 0. The zero-order chi connectivity index (χ0) is 12.0. The van der Waals surface area contributed by atoms with Gasteiger partial charge in [0.15, 0.2) is 5.78 Å². The van der Waals surface area contributed by atoms with E-state index in [1.807, 2.05) is 23.1 Å². The molecule has 1 N–H and O–H groups in total. The quantitative estimate of drug-likeness (QED) is 0.840. The number of rotatable bonds is 2. The Kier molecular flexibility index (Phi) is 2.18. The van der Waals surface area contributed by atoms with Crippen molar-refractivity contribution in [3.63, 3.8) is 0 Å². The van der Waals surface area contributed by atoms with E-state index in [1.165, 1.54) is 0 Å². The van der Waals surface area contributed by atoms with Gasteiger partial charge in [-0.2, -0.15) is 0 Å². The third-order valence-corrected chi connectivity index (χ3v) is 3.62. The topological polar surface area (TPSA) is 57.6 Å². The van der Waals surface area contributed by atoms with Crippen molar-refractivity contribution in [2.24, 2.45) is 0 Å². The molecule has 1 aliphatic carbocycles. The molecule has 3 rings (SSSR count). The van der Waals surface area contributed by atoms with Gasteiger partial charge >= 0.3 is 5.97 Å². The Morgan fingerprint density at radius 3 is 3.06 bits per heavy atom. The van der Waals surface area contributed by atoms with Gasteiger partial charge in [-0.15, -0.1) is 0 Å². The van der Waals surface area contributed by atoms with Gasteiger partial charge in [-0.3, -0.25) is 9.59 Å². The molecular weight excluding hydrogens is 218 g/mol. The number of Topliss-reactive ketones (excluding diaryl/α,β-unsaturated/α-hetero) is 1. The van der Waals surface area contributed by atoms with Crippen LogP contribution in [0.5, 0.6) is 0 Å². The molecule has 17 heavy (non-hydrogen) atoms. The van der Waals surface area contributed by atoms with Gasteiger partial charge in [0.25, 0.3) is 0 Å². The smallest absolute Gasteiger partial charge is 0.323 e. The van der Waals surface area contributed by atoms with Crippen LogP contribution < -0.4 is 4.90 Å². The molecule has 88 valence electrons. The number of aliphatic carboxylic acids is 1. The average Bonchev–Trinajstić information content (AvgIpc) is 2.63. The highest BCUT2D eigenvalue weighted by molar-refractivity contribution is 6.01. The van der Waals surface area contributed by atoms with Crippen LogP contribution in [0, 0.1) is 0 Å². The molecule has 0 bridgehead atoms. The van der Waals surface area contributed by atoms with E-state index in [-0.39, 0.29) is 12.3 Å². The number of hydrogen-bond donors (Lipinski definition) is 1. The van der Waals surface area contributed by atoms with E-state index in [0.717, 1.165) is 29.8 Å². The fourth-order valence-electron chi connectivity index (χ4n) is 2.95. The van der Waals surface area contributed by atoms with Crippen LogP contribution in [0.2, 0.25) is 0 Å². The molecule has 1 heterocycles. The first-order chi connectivity index (χ1) is 8.16. The van der Waals surface area contributed by atoms with Gasteiger partial charge in [0, 0.05) is 30.1 Å². The minimum atomic E-state index is -0.826. The van der Waals surface area contributed by atoms with Crippen molar-refractivity contribution in [2.45, 2.75) is 18.8 Å². The molecule has 0 amide bonds. The zero-order valence-electron chi connectivity index (χ0n) is 9.35. The van der Waals surface area contributed by atoms with Crippen molar-refractivity contribution in [3.8, 4) is 0 Å². The lowest BCUT2D eigenvalue weighted by Crippen LogP contribution is -2.28. The predicted molar refractivity (Wildman–Crippen MR) is 62.6 cm³/mol. The number of anilines is 1. The lowest BCUT2D eigenvalue weighted by molar-refractivity contribution is -0.135. The molecule has 0 aromatic heterocycles. The Hall–Kier alpha value is -1.84. The van der Waals surface area contributed by atoms with E-state index in [0.29, 0.717) is 12.3 Å². The maximum absolute atomic E-state index is 11.8. The summed E-state index contributed by atoms with van der Waals surface area (Å²) in [4.78, 5) is 24.5. The maximum atomic E-state index is 11.8. The van der Waals surface area contributed by atoms with Crippen molar-refractivity contribution < 1.29 is 14.7 Å². The highest BCUT2D eigenvalue weighted by Gasteiger charge is 2.36. The Morgan fingerprint density at radius 1 is 1.47 bits per heavy atom. The molecular formula is C13H13NO3. The Morgan fingerprint density at radius 2 is 2.29 bits per heavy atom. The number of hydrogen-bond acceptors (Lipinski definition) is 3. The summed E-state index contributed by atoms with van der Waals surface area (Å²) in [5.74, 6) is -0.305. The van der Waals surface area contributed by atoms with Crippen LogP contribution >= 0.6 is 0 Å². The lowest BCUT2D eigenvalue weighted by atomic mass is 9.83. The predicted octanol–water partition coefficient (Wildman–Crippen LogP) is 1.65. The van der Waals surface area contributed by atoms with E-state index < -0.39 is 5.97 Å². The highest BCUT2D eigenvalue weighted by atomic mass is 16.4. The normalized spacial score (nSPS) is 21.5. The second-order valence-corrected chi connectivity index (χ2v) is 4.67. The summed E-state index contributed by atoms with van der Waals surface area (Å²) >= 11 is 0. The van der Waals surface area contributed by atoms with Crippen LogP contribution in [0.4, 0.5) is 5.69 Å². The standard InChI is InChI=1S/C13H13NO3/c15-11-5-4-8-6-14(7-12(16)17)10-3-1-2-9(11)13(8)10/h1-3,8H,4-7H2,(H,16,17). The monoisotopic (exact) mass is 231 g/mol. The van der Waals surface area contributed by atoms with Gasteiger partial charge in [0.1, 0.15) is 6.54 Å². The molecule has 0 spiro atoms. The van der Waals surface area contributed by atoms with Crippen LogP contribution in [-0.4, -0.2) is 29.9 Å². The van der Waals surface area contributed by atoms with Crippen LogP contribution in [0.15, 0.2) is 18.2 Å². The number of carboxylic acid groups (broad SMARTS) is 1. The van der Waals surface area contributed by atoms with Crippen LogP contribution in [-0.2, 0) is 4.79 Å². The summed E-state index contributed by atoms with van der Waals surface area (Å²) in [5, 5.41) is 8.89. The molecule has 1 unspecified atom stereocenters. The molecule has 1 aromatic rings. The molecule has 1 atom stereocenters. The third kappa shape index (κ3) is 1.52. The second-order valence-electron chi connectivity index (χ2n) is 4.67. The number of benzene rings is 1. The van der Waals surface area contributed by atoms with Crippen molar-refractivity contribution >= 4 is 17.4 Å². The minimum Gasteiger partial charge on any atom is -0.480 e. The van der Waals surface area contributed by atoms with Gasteiger partial charge in [0.2, 0.25) is 0 Å². The number of carbonyl (C=O) groups is 2. The molecule has 2 aliphatic rings. The molecule has 4 nitrogen and oxygen atoms in total. The van der Waals surface area contributed by atoms with Crippen LogP contribution in [0.25, 0.3) is 0 Å². The van der Waals surface area contributed by atoms with Crippen molar-refractivity contribution in [3.05, 3.63) is 29.3 Å². The third-order valence-electron chi connectivity index (χ3n) is 3.62. The fourth-order valence-corrected chi connectivity index (χ4v) is 2.95. The first-order valence-electron chi connectivity index (χ1n) is 5.79. The first-order valence-corrected chi connectivity index (χ1v) is 5.79. The largest absolute Gasteiger partial charge is 0.480 e. The Labute approximate surface area is 98.9 Å². The molecule has 0 radical (unpaired) electrons. The zero-order valence-corrected chi connectivity index (χ0v) is 9.35. The SMILES string of the molecule is O=C(O)CN1CC2CCC(=O)c3cccc1c32. The van der Waals surface area contributed by atoms with Crippen molar-refractivity contribution in [2.75, 3.05) is 18.0 Å². The number of nitrogens with zero attached hydrogens (tertiary/aromatic N) is 1. The highest BCUT2D eigenvalue weighted by Crippen LogP contribution is 2.43. The van der Waals surface area contributed by atoms with Gasteiger partial charge in [-0.25, -0.2) is 0 Å². The molecule has 0 saturated carbocycles. The molecule has 1 aliphatic heterocycles. The molecule has 0 saturated heterocycles. The maximum Gasteiger partial charge on any atom is 0.323 e. The van der Waals surface area contributed by atoms with Crippen molar-refractivity contribution in [1.82, 2.24) is 0 Å². The number of carbonyl (C=O) groups excluding carboxylic acids is 1. The van der Waals surface area contributed by atoms with E-state index >= 15 is 0 Å². The van der Waals surface area contributed by atoms with E-state index in [1.54, 1.807) is 0 Å². The van der Waals surface area contributed by atoms with E-state index in [9.17, 15) is 9.59 Å². The van der Waals surface area contributed by atoms with E-state index in [4.69, 9.17) is 5.11 Å². The van der Waals surface area contributed by atoms with Crippen LogP contribution in [0.1, 0.15) is 34.7 Å². The minimum absolute atomic E-state index is 0.0150. The Bertz CT molecular complexity index is 509. The summed E-state index contributed by atoms with van der Waals surface area (Å²) in [5.41, 5.74) is 2.81. The number of ketones is 1. The second kappa shape index (κ2) is 3.58. The first kappa shape index (κ1) is 10.3. The Balaban J connectivity index is 2.07. The summed E-state index contributed by atoms with van der Waals surface area (Å²) in [6.07, 6.45) is 1.43. The lowest BCUT2D eigenvalue weighted by Gasteiger charge is -2.18. The van der Waals surface area contributed by atoms with Gasteiger partial charge < -0.3 is 10.0 Å². The number of carboxylic acids is 1. The van der Waals surface area contributed by atoms with Crippen LogP contribution in [0.3, 0.4) is 0 Å². The molecule has 4 heteroatoms. The molecule has 1 aromatic carbocycles. The van der Waals surface area contributed by atoms with Gasteiger partial charge in [-0.1, -0.05) is 12.1 Å². The van der Waals surface area contributed by atoms with Crippen molar-refractivity contribution in [1.29, 1.82) is 0 Å². The fraction of sp³-hybridized carbons (Fsp3) is 0.385. The van der Waals surface area contributed by atoms with E-state index in [2.05, 4.69) is 0 Å². The summed E-state index contributed by atoms with van der Waals surface area (Å²) < 4.78 is 0.